The minimum absolute atomic E-state index is 0.0440. The lowest BCUT2D eigenvalue weighted by molar-refractivity contribution is -0.138. The third-order valence-electron chi connectivity index (χ3n) is 2.08. The number of anilines is 1. The molecule has 0 aliphatic heterocycles. The molecular weight excluding hydrogens is 229 g/mol. The quantitative estimate of drug-likeness (QED) is 0.860. The molecule has 0 aromatic carbocycles. The first kappa shape index (κ1) is 15.7. The predicted molar refractivity (Wildman–Crippen MR) is 63.7 cm³/mol. The average Bonchev–Trinajstić information content (AvgIpc) is 2.17. The Balaban J connectivity index is 0.00000121. The highest BCUT2D eigenvalue weighted by Crippen LogP contribution is 2.34. The van der Waals surface area contributed by atoms with Crippen molar-refractivity contribution >= 4 is 5.82 Å². The largest absolute Gasteiger partial charge is 0.418 e. The Morgan fingerprint density at radius 2 is 1.82 bits per heavy atom. The van der Waals surface area contributed by atoms with Crippen LogP contribution in [0.5, 0.6) is 0 Å². The van der Waals surface area contributed by atoms with Crippen LogP contribution in [-0.2, 0) is 12.6 Å². The van der Waals surface area contributed by atoms with E-state index in [-0.39, 0.29) is 17.1 Å². The zero-order valence-electron chi connectivity index (χ0n) is 10.7. The van der Waals surface area contributed by atoms with Crippen molar-refractivity contribution in [2.24, 2.45) is 0 Å². The van der Waals surface area contributed by atoms with Gasteiger partial charge in [-0.3, -0.25) is 0 Å². The molecule has 0 spiro atoms. The topological polar surface area (TPSA) is 38.9 Å². The fraction of sp³-hybridized carbons (Fsp3) is 0.583. The molecule has 1 rings (SSSR count). The Labute approximate surface area is 100 Å². The number of halogens is 3. The van der Waals surface area contributed by atoms with E-state index in [4.69, 9.17) is 5.73 Å². The number of hydrogen-bond donors (Lipinski definition) is 1. The highest BCUT2D eigenvalue weighted by molar-refractivity contribution is 5.42. The number of aryl methyl sites for hydroxylation is 2. The molecule has 1 aromatic heterocycles. The first-order chi connectivity index (χ1) is 7.86. The zero-order valence-corrected chi connectivity index (χ0v) is 10.7. The molecule has 0 aliphatic carbocycles. The Kier molecular flexibility index (Phi) is 5.99. The number of hydrogen-bond acceptors (Lipinski definition) is 2. The lowest BCUT2D eigenvalue weighted by Gasteiger charge is -2.15. The molecule has 0 fully saturated rings. The highest BCUT2D eigenvalue weighted by Gasteiger charge is 2.35. The summed E-state index contributed by atoms with van der Waals surface area (Å²) in [5.74, 6) is 0.143. The van der Waals surface area contributed by atoms with Crippen molar-refractivity contribution < 1.29 is 13.2 Å². The van der Waals surface area contributed by atoms with E-state index < -0.39 is 11.7 Å². The summed E-state index contributed by atoms with van der Waals surface area (Å²) in [6.07, 6.45) is -3.45. The van der Waals surface area contributed by atoms with E-state index in [2.05, 4.69) is 4.98 Å². The average molecular weight is 248 g/mol. The highest BCUT2D eigenvalue weighted by atomic mass is 19.4. The van der Waals surface area contributed by atoms with E-state index in [1.807, 2.05) is 13.8 Å². The van der Waals surface area contributed by atoms with Gasteiger partial charge in [0, 0.05) is 0 Å². The molecule has 0 aliphatic rings. The first-order valence-corrected chi connectivity index (χ1v) is 5.69. The molecule has 17 heavy (non-hydrogen) atoms. The number of aromatic nitrogens is 1. The number of nitrogen functional groups attached to an aromatic ring is 1. The van der Waals surface area contributed by atoms with Crippen LogP contribution >= 0.6 is 0 Å². The molecule has 0 amide bonds. The standard InChI is InChI=1S/C10H13F3N2.C2H6/c1-3-4-7-9(10(11,12)13)6(2)5-8(14)15-7;1-2/h5H,3-4H2,1-2H3,(H2,14,15);1-2H3. The van der Waals surface area contributed by atoms with Gasteiger partial charge in [-0.05, 0) is 25.0 Å². The lowest BCUT2D eigenvalue weighted by atomic mass is 10.0. The maximum absolute atomic E-state index is 12.7. The summed E-state index contributed by atoms with van der Waals surface area (Å²) in [7, 11) is 0. The Hall–Kier alpha value is -1.26. The SMILES string of the molecule is CC.CCCc1nc(N)cc(C)c1C(F)(F)F. The summed E-state index contributed by atoms with van der Waals surface area (Å²) in [5, 5.41) is 0. The summed E-state index contributed by atoms with van der Waals surface area (Å²) in [6.45, 7) is 7.21. The van der Waals surface area contributed by atoms with Crippen LogP contribution in [0.4, 0.5) is 19.0 Å². The number of alkyl halides is 3. The van der Waals surface area contributed by atoms with Crippen molar-refractivity contribution in [2.45, 2.75) is 46.7 Å². The van der Waals surface area contributed by atoms with E-state index in [1.54, 1.807) is 6.92 Å². The van der Waals surface area contributed by atoms with Gasteiger partial charge in [-0.1, -0.05) is 27.2 Å². The number of nitrogens with zero attached hydrogens (tertiary/aromatic N) is 1. The predicted octanol–water partition coefficient (Wildman–Crippen LogP) is 3.97. The molecule has 98 valence electrons. The Bertz CT molecular complexity index is 360. The molecule has 0 radical (unpaired) electrons. The second-order valence-corrected chi connectivity index (χ2v) is 3.43. The van der Waals surface area contributed by atoms with E-state index in [9.17, 15) is 13.2 Å². The lowest BCUT2D eigenvalue weighted by Crippen LogP contribution is -2.14. The van der Waals surface area contributed by atoms with Crippen LogP contribution in [0.3, 0.4) is 0 Å². The van der Waals surface area contributed by atoms with Gasteiger partial charge in [0.25, 0.3) is 0 Å². The molecule has 5 heteroatoms. The summed E-state index contributed by atoms with van der Waals surface area (Å²) >= 11 is 0. The fourth-order valence-corrected chi connectivity index (χ4v) is 1.57. The van der Waals surface area contributed by atoms with Gasteiger partial charge in [0.1, 0.15) is 5.82 Å². The van der Waals surface area contributed by atoms with Crippen LogP contribution in [0.2, 0.25) is 0 Å². The van der Waals surface area contributed by atoms with E-state index in [0.717, 1.165) is 0 Å². The molecule has 0 saturated carbocycles. The number of rotatable bonds is 2. The molecule has 2 N–H and O–H groups in total. The van der Waals surface area contributed by atoms with Crippen molar-refractivity contribution in [3.8, 4) is 0 Å². The summed E-state index contributed by atoms with van der Waals surface area (Å²) in [5.41, 5.74) is 4.96. The monoisotopic (exact) mass is 248 g/mol. The van der Waals surface area contributed by atoms with Gasteiger partial charge in [-0.25, -0.2) is 4.98 Å². The van der Waals surface area contributed by atoms with Gasteiger partial charge in [-0.2, -0.15) is 13.2 Å². The van der Waals surface area contributed by atoms with E-state index >= 15 is 0 Å². The van der Waals surface area contributed by atoms with Gasteiger partial charge >= 0.3 is 6.18 Å². The molecule has 2 nitrogen and oxygen atoms in total. The molecule has 0 atom stereocenters. The molecule has 1 aromatic rings. The van der Waals surface area contributed by atoms with Crippen LogP contribution in [0, 0.1) is 6.92 Å². The van der Waals surface area contributed by atoms with Crippen molar-refractivity contribution in [2.75, 3.05) is 5.73 Å². The maximum atomic E-state index is 12.7. The molecular formula is C12H19F3N2. The van der Waals surface area contributed by atoms with Gasteiger partial charge < -0.3 is 5.73 Å². The van der Waals surface area contributed by atoms with Crippen molar-refractivity contribution in [1.82, 2.24) is 4.98 Å². The van der Waals surface area contributed by atoms with Crippen molar-refractivity contribution in [1.29, 1.82) is 0 Å². The summed E-state index contributed by atoms with van der Waals surface area (Å²) in [6, 6.07) is 1.25. The molecule has 0 unspecified atom stereocenters. The normalized spacial score (nSPS) is 10.8. The third-order valence-corrected chi connectivity index (χ3v) is 2.08. The van der Waals surface area contributed by atoms with Crippen molar-refractivity contribution in [3.05, 3.63) is 22.9 Å². The Morgan fingerprint density at radius 3 is 2.24 bits per heavy atom. The zero-order chi connectivity index (χ0) is 13.6. The first-order valence-electron chi connectivity index (χ1n) is 5.69. The van der Waals surface area contributed by atoms with E-state index in [1.165, 1.54) is 13.0 Å². The smallest absolute Gasteiger partial charge is 0.384 e. The Morgan fingerprint density at radius 1 is 1.29 bits per heavy atom. The summed E-state index contributed by atoms with van der Waals surface area (Å²) in [4.78, 5) is 3.75. The van der Waals surface area contributed by atoms with Crippen molar-refractivity contribution in [3.63, 3.8) is 0 Å². The van der Waals surface area contributed by atoms with Gasteiger partial charge in [0.05, 0.1) is 11.3 Å². The van der Waals surface area contributed by atoms with Crippen LogP contribution in [-0.4, -0.2) is 4.98 Å². The number of pyridine rings is 1. The third kappa shape index (κ3) is 4.24. The second-order valence-electron chi connectivity index (χ2n) is 3.43. The summed E-state index contributed by atoms with van der Waals surface area (Å²) < 4.78 is 38.1. The minimum Gasteiger partial charge on any atom is -0.384 e. The van der Waals surface area contributed by atoms with Gasteiger partial charge in [0.2, 0.25) is 0 Å². The maximum Gasteiger partial charge on any atom is 0.418 e. The molecule has 1 heterocycles. The van der Waals surface area contributed by atoms with Crippen LogP contribution in [0.15, 0.2) is 6.07 Å². The number of nitrogens with two attached hydrogens (primary N) is 1. The van der Waals surface area contributed by atoms with Crippen LogP contribution < -0.4 is 5.73 Å². The molecule has 0 saturated heterocycles. The second kappa shape index (κ2) is 6.47. The van der Waals surface area contributed by atoms with Gasteiger partial charge in [-0.15, -0.1) is 0 Å². The van der Waals surface area contributed by atoms with Crippen LogP contribution in [0.25, 0.3) is 0 Å². The van der Waals surface area contributed by atoms with E-state index in [0.29, 0.717) is 12.8 Å². The molecule has 0 bridgehead atoms. The minimum atomic E-state index is -4.35. The van der Waals surface area contributed by atoms with Gasteiger partial charge in [0.15, 0.2) is 0 Å². The van der Waals surface area contributed by atoms with Crippen LogP contribution in [0.1, 0.15) is 44.0 Å². The fourth-order valence-electron chi connectivity index (χ4n) is 1.57.